The Balaban J connectivity index is 0.00000264. The number of ether oxygens (including phenoxy) is 1. The summed E-state index contributed by atoms with van der Waals surface area (Å²) in [7, 11) is 1.46. The second kappa shape index (κ2) is 10.7. The van der Waals surface area contributed by atoms with Gasteiger partial charge in [-0.25, -0.2) is 0 Å². The van der Waals surface area contributed by atoms with Crippen LogP contribution in [0.5, 0.6) is 5.75 Å². The second-order valence-corrected chi connectivity index (χ2v) is 6.12. The zero-order valence-electron chi connectivity index (χ0n) is 14.4. The highest BCUT2D eigenvalue weighted by Gasteiger charge is 2.26. The minimum atomic E-state index is -0.369. The fourth-order valence-electron chi connectivity index (χ4n) is 2.99. The molecule has 2 rings (SSSR count). The van der Waals surface area contributed by atoms with Crippen LogP contribution in [-0.2, 0) is 0 Å². The van der Waals surface area contributed by atoms with Gasteiger partial charge < -0.3 is 10.1 Å². The second-order valence-electron chi connectivity index (χ2n) is 6.12. The van der Waals surface area contributed by atoms with E-state index < -0.39 is 0 Å². The zero-order chi connectivity index (χ0) is 16.1. The molecule has 1 N–H and O–H groups in total. The Hall–Kier alpha value is -1.08. The van der Waals surface area contributed by atoms with Crippen LogP contribution in [0.25, 0.3) is 0 Å². The number of nitrogens with zero attached hydrogens (tertiary/aromatic N) is 2. The van der Waals surface area contributed by atoms with Crippen molar-refractivity contribution in [3.05, 3.63) is 33.9 Å². The number of methoxy groups -OCH3 is 1. The average molecular weight is 380 g/mol. The van der Waals surface area contributed by atoms with Crippen LogP contribution in [0, 0.1) is 16.0 Å². The SMILES string of the molecule is COc1ccc([C@H](CC(C)C)N2CCNCC2)cc1[N+](=O)[O-].Cl.Cl. The number of hydrogen-bond donors (Lipinski definition) is 1. The fourth-order valence-corrected chi connectivity index (χ4v) is 2.99. The van der Waals surface area contributed by atoms with Gasteiger partial charge in [0.25, 0.3) is 0 Å². The molecule has 6 nitrogen and oxygen atoms in total. The molecule has 8 heteroatoms. The smallest absolute Gasteiger partial charge is 0.311 e. The summed E-state index contributed by atoms with van der Waals surface area (Å²) in [5, 5.41) is 14.6. The highest BCUT2D eigenvalue weighted by atomic mass is 35.5. The maximum absolute atomic E-state index is 11.3. The predicted molar refractivity (Wildman–Crippen MR) is 101 cm³/mol. The molecule has 1 aliphatic rings. The summed E-state index contributed by atoms with van der Waals surface area (Å²) in [5.41, 5.74) is 1.05. The molecule has 0 radical (unpaired) electrons. The van der Waals surface area contributed by atoms with E-state index in [1.807, 2.05) is 6.07 Å². The molecule has 0 aliphatic carbocycles. The molecule has 1 heterocycles. The van der Waals surface area contributed by atoms with Crippen molar-refractivity contribution in [2.24, 2.45) is 5.92 Å². The van der Waals surface area contributed by atoms with Gasteiger partial charge in [0.2, 0.25) is 0 Å². The normalized spacial score (nSPS) is 16.0. The van der Waals surface area contributed by atoms with Crippen LogP contribution in [0.3, 0.4) is 0 Å². The number of piperazine rings is 1. The Morgan fingerprint density at radius 1 is 1.29 bits per heavy atom. The zero-order valence-corrected chi connectivity index (χ0v) is 16.0. The number of halogens is 2. The number of nitrogens with one attached hydrogen (secondary N) is 1. The number of benzene rings is 1. The summed E-state index contributed by atoms with van der Waals surface area (Å²) >= 11 is 0. The minimum Gasteiger partial charge on any atom is -0.490 e. The molecule has 1 fully saturated rings. The van der Waals surface area contributed by atoms with E-state index in [1.54, 1.807) is 12.1 Å². The van der Waals surface area contributed by atoms with Crippen molar-refractivity contribution in [3.63, 3.8) is 0 Å². The van der Waals surface area contributed by atoms with Crippen LogP contribution in [0.2, 0.25) is 0 Å². The lowest BCUT2D eigenvalue weighted by atomic mass is 9.94. The Morgan fingerprint density at radius 3 is 2.42 bits per heavy atom. The van der Waals surface area contributed by atoms with Gasteiger partial charge in [-0.2, -0.15) is 0 Å². The number of nitro groups is 1. The first-order valence-corrected chi connectivity index (χ1v) is 7.80. The van der Waals surface area contributed by atoms with Crippen LogP contribution in [0.1, 0.15) is 31.9 Å². The summed E-state index contributed by atoms with van der Waals surface area (Å²) < 4.78 is 5.10. The van der Waals surface area contributed by atoms with Crippen LogP contribution in [-0.4, -0.2) is 43.1 Å². The van der Waals surface area contributed by atoms with Gasteiger partial charge in [-0.05, 0) is 24.0 Å². The molecule has 1 aliphatic heterocycles. The van der Waals surface area contributed by atoms with Crippen molar-refractivity contribution in [1.82, 2.24) is 10.2 Å². The van der Waals surface area contributed by atoms with Gasteiger partial charge in [0, 0.05) is 38.3 Å². The lowest BCUT2D eigenvalue weighted by molar-refractivity contribution is -0.385. The van der Waals surface area contributed by atoms with E-state index in [0.29, 0.717) is 11.7 Å². The summed E-state index contributed by atoms with van der Waals surface area (Å²) in [6.45, 7) is 8.24. The van der Waals surface area contributed by atoms with E-state index in [9.17, 15) is 10.1 Å². The van der Waals surface area contributed by atoms with Gasteiger partial charge in [0.1, 0.15) is 0 Å². The summed E-state index contributed by atoms with van der Waals surface area (Å²) in [6, 6.07) is 5.56. The van der Waals surface area contributed by atoms with Crippen molar-refractivity contribution in [2.45, 2.75) is 26.3 Å². The van der Waals surface area contributed by atoms with E-state index >= 15 is 0 Å². The third kappa shape index (κ3) is 5.77. The standard InChI is InChI=1S/C16H25N3O3.2ClH/c1-12(2)10-14(18-8-6-17-7-9-18)13-4-5-16(22-3)15(11-13)19(20)21;;/h4-5,11-12,14,17H,6-10H2,1-3H3;2*1H/t14-;;/m0../s1. The molecule has 1 aromatic carbocycles. The maximum atomic E-state index is 11.3. The van der Waals surface area contributed by atoms with Crippen molar-refractivity contribution in [3.8, 4) is 5.75 Å². The molecular formula is C16H27Cl2N3O3. The molecule has 0 unspecified atom stereocenters. The summed E-state index contributed by atoms with van der Waals surface area (Å²) in [5.74, 6) is 0.846. The van der Waals surface area contributed by atoms with E-state index in [0.717, 1.165) is 38.2 Å². The predicted octanol–water partition coefficient (Wildman–Crippen LogP) is 3.44. The Bertz CT molecular complexity index is 523. The van der Waals surface area contributed by atoms with Crippen molar-refractivity contribution < 1.29 is 9.66 Å². The third-order valence-corrected chi connectivity index (χ3v) is 4.07. The topological polar surface area (TPSA) is 67.6 Å². The quantitative estimate of drug-likeness (QED) is 0.605. The molecule has 0 saturated carbocycles. The average Bonchev–Trinajstić information content (AvgIpc) is 2.52. The van der Waals surface area contributed by atoms with Gasteiger partial charge in [0.05, 0.1) is 12.0 Å². The summed E-state index contributed by atoms with van der Waals surface area (Å²) in [6.07, 6.45) is 0.990. The highest BCUT2D eigenvalue weighted by Crippen LogP contribution is 2.34. The molecule has 0 bridgehead atoms. The first-order valence-electron chi connectivity index (χ1n) is 7.80. The molecule has 1 saturated heterocycles. The molecule has 24 heavy (non-hydrogen) atoms. The maximum Gasteiger partial charge on any atom is 0.311 e. The first-order chi connectivity index (χ1) is 10.5. The van der Waals surface area contributed by atoms with E-state index in [4.69, 9.17) is 4.74 Å². The molecule has 1 aromatic rings. The largest absolute Gasteiger partial charge is 0.490 e. The Labute approximate surface area is 155 Å². The molecule has 138 valence electrons. The van der Waals surface area contributed by atoms with E-state index in [2.05, 4.69) is 24.1 Å². The monoisotopic (exact) mass is 379 g/mol. The highest BCUT2D eigenvalue weighted by molar-refractivity contribution is 5.85. The molecule has 1 atom stereocenters. The number of hydrogen-bond acceptors (Lipinski definition) is 5. The van der Waals surface area contributed by atoms with Crippen LogP contribution in [0.15, 0.2) is 18.2 Å². The van der Waals surface area contributed by atoms with Crippen molar-refractivity contribution in [2.75, 3.05) is 33.3 Å². The fraction of sp³-hybridized carbons (Fsp3) is 0.625. The van der Waals surface area contributed by atoms with E-state index in [1.165, 1.54) is 7.11 Å². The van der Waals surface area contributed by atoms with Crippen LogP contribution >= 0.6 is 24.8 Å². The van der Waals surface area contributed by atoms with Gasteiger partial charge in [0.15, 0.2) is 5.75 Å². The lowest BCUT2D eigenvalue weighted by Gasteiger charge is -2.36. The van der Waals surface area contributed by atoms with Gasteiger partial charge in [-0.1, -0.05) is 19.9 Å². The van der Waals surface area contributed by atoms with E-state index in [-0.39, 0.29) is 41.5 Å². The van der Waals surface area contributed by atoms with Crippen molar-refractivity contribution in [1.29, 1.82) is 0 Å². The van der Waals surface area contributed by atoms with Gasteiger partial charge in [-0.3, -0.25) is 15.0 Å². The van der Waals surface area contributed by atoms with Gasteiger partial charge in [-0.15, -0.1) is 24.8 Å². The molecular weight excluding hydrogens is 353 g/mol. The van der Waals surface area contributed by atoms with Crippen LogP contribution < -0.4 is 10.1 Å². The molecule has 0 spiro atoms. The first kappa shape index (κ1) is 22.9. The van der Waals surface area contributed by atoms with Crippen LogP contribution in [0.4, 0.5) is 5.69 Å². The Kier molecular flexibility index (Phi) is 10.2. The number of nitro benzene ring substituents is 1. The lowest BCUT2D eigenvalue weighted by Crippen LogP contribution is -2.45. The van der Waals surface area contributed by atoms with Crippen molar-refractivity contribution >= 4 is 30.5 Å². The van der Waals surface area contributed by atoms with Gasteiger partial charge >= 0.3 is 5.69 Å². The summed E-state index contributed by atoms with van der Waals surface area (Å²) in [4.78, 5) is 13.3. The third-order valence-electron chi connectivity index (χ3n) is 4.07. The number of rotatable bonds is 6. The Morgan fingerprint density at radius 2 is 1.92 bits per heavy atom. The molecule has 0 aromatic heterocycles. The molecule has 0 amide bonds. The minimum absolute atomic E-state index is 0.